The third-order valence-corrected chi connectivity index (χ3v) is 4.32. The summed E-state index contributed by atoms with van der Waals surface area (Å²) in [5.74, 6) is 1.33. The third kappa shape index (κ3) is 2.80. The molecule has 2 aromatic carbocycles. The monoisotopic (exact) mass is 368 g/mol. The molecule has 7 nitrogen and oxygen atoms in total. The fourth-order valence-corrected chi connectivity index (χ4v) is 3.00. The van der Waals surface area contributed by atoms with Crippen molar-refractivity contribution in [2.75, 3.05) is 20.0 Å². The van der Waals surface area contributed by atoms with Crippen LogP contribution in [0.15, 0.2) is 42.6 Å². The van der Waals surface area contributed by atoms with E-state index in [1.54, 1.807) is 43.1 Å². The second-order valence-corrected chi connectivity index (χ2v) is 5.96. The number of rotatable bonds is 4. The van der Waals surface area contributed by atoms with E-state index in [9.17, 15) is 9.50 Å². The molecule has 2 heterocycles. The molecule has 0 saturated heterocycles. The third-order valence-electron chi connectivity index (χ3n) is 4.32. The maximum absolute atomic E-state index is 13.4. The number of ether oxygens (including phenoxy) is 2. The largest absolute Gasteiger partial charge is 0.505 e. The summed E-state index contributed by atoms with van der Waals surface area (Å²) in [6, 6.07) is 9.47. The lowest BCUT2D eigenvalue weighted by molar-refractivity contribution is 0.394. The molecule has 8 heteroatoms. The number of methoxy groups -OCH3 is 2. The van der Waals surface area contributed by atoms with Gasteiger partial charge in [-0.15, -0.1) is 0 Å². The van der Waals surface area contributed by atoms with E-state index in [-0.39, 0.29) is 17.4 Å². The van der Waals surface area contributed by atoms with Crippen LogP contribution in [0.1, 0.15) is 0 Å². The van der Waals surface area contributed by atoms with E-state index in [0.29, 0.717) is 39.6 Å². The molecule has 0 unspecified atom stereocenters. The molecule has 0 saturated carbocycles. The summed E-state index contributed by atoms with van der Waals surface area (Å²) in [6.45, 7) is 0. The maximum Gasteiger partial charge on any atom is 0.146 e. The van der Waals surface area contributed by atoms with Crippen LogP contribution in [0.5, 0.6) is 17.2 Å². The summed E-state index contributed by atoms with van der Waals surface area (Å²) in [6.07, 6.45) is 1.48. The zero-order valence-electron chi connectivity index (χ0n) is 14.7. The van der Waals surface area contributed by atoms with Crippen LogP contribution in [-0.4, -0.2) is 33.9 Å². The fraction of sp³-hybridized carbons (Fsp3) is 0.105. The van der Waals surface area contributed by atoms with Crippen molar-refractivity contribution in [3.8, 4) is 34.3 Å². The molecule has 0 aliphatic heterocycles. The van der Waals surface area contributed by atoms with Crippen molar-refractivity contribution >= 4 is 16.9 Å². The Morgan fingerprint density at radius 3 is 2.48 bits per heavy atom. The average Bonchev–Trinajstić information content (AvgIpc) is 3.20. The number of aromatic amines is 1. The minimum Gasteiger partial charge on any atom is -0.505 e. The van der Waals surface area contributed by atoms with Crippen LogP contribution in [0, 0.1) is 5.82 Å². The molecule has 0 atom stereocenters. The van der Waals surface area contributed by atoms with Crippen LogP contribution in [0.25, 0.3) is 28.1 Å². The van der Waals surface area contributed by atoms with E-state index in [1.165, 1.54) is 18.3 Å². The van der Waals surface area contributed by atoms with Gasteiger partial charge in [-0.2, -0.15) is 0 Å². The van der Waals surface area contributed by atoms with Crippen molar-refractivity contribution in [1.82, 2.24) is 14.5 Å². The summed E-state index contributed by atoms with van der Waals surface area (Å²) in [4.78, 5) is 7.39. The number of nitrogens with zero attached hydrogens (tertiary/aromatic N) is 2. The fourth-order valence-electron chi connectivity index (χ4n) is 3.00. The van der Waals surface area contributed by atoms with Crippen molar-refractivity contribution < 1.29 is 19.0 Å². The summed E-state index contributed by atoms with van der Waals surface area (Å²) in [7, 11) is 3.10. The minimum atomic E-state index is -0.379. The molecule has 0 aliphatic carbocycles. The van der Waals surface area contributed by atoms with E-state index in [0.717, 1.165) is 0 Å². The number of nitrogen functional groups attached to an aromatic ring is 1. The lowest BCUT2D eigenvalue weighted by Crippen LogP contribution is -2.01. The summed E-state index contributed by atoms with van der Waals surface area (Å²) >= 11 is 0. The number of nitrogens with one attached hydrogen (secondary N) is 1. The molecular formula is C19H17FN4O3. The van der Waals surface area contributed by atoms with E-state index in [4.69, 9.17) is 15.2 Å². The van der Waals surface area contributed by atoms with Crippen LogP contribution in [0.4, 0.5) is 10.2 Å². The summed E-state index contributed by atoms with van der Waals surface area (Å²) < 4.78 is 25.6. The second kappa shape index (κ2) is 6.24. The Kier molecular flexibility index (Phi) is 3.88. The first-order chi connectivity index (χ1) is 13.0. The van der Waals surface area contributed by atoms with Gasteiger partial charge >= 0.3 is 0 Å². The molecule has 4 rings (SSSR count). The van der Waals surface area contributed by atoms with Gasteiger partial charge in [0.05, 0.1) is 37.1 Å². The number of benzene rings is 2. The smallest absolute Gasteiger partial charge is 0.146 e. The average molecular weight is 368 g/mol. The van der Waals surface area contributed by atoms with Gasteiger partial charge in [-0.05, 0) is 18.2 Å². The maximum atomic E-state index is 13.4. The molecule has 4 N–H and O–H groups in total. The lowest BCUT2D eigenvalue weighted by atomic mass is 10.2. The standard InChI is InChI=1S/C19H17FN4O3/c1-26-12-6-11(7-13(8-12)27-2)24-9-16(25)17(18(24)21)19-22-14-4-3-10(20)5-15(14)23-19/h3-9,25H,21H2,1-2H3,(H,22,23). The molecule has 0 radical (unpaired) electrons. The first-order valence-corrected chi connectivity index (χ1v) is 8.09. The number of hydrogen-bond acceptors (Lipinski definition) is 5. The Labute approximate surface area is 153 Å². The predicted octanol–water partition coefficient (Wildman–Crippen LogP) is 3.46. The Hall–Kier alpha value is -3.68. The highest BCUT2D eigenvalue weighted by Crippen LogP contribution is 2.38. The lowest BCUT2D eigenvalue weighted by Gasteiger charge is -2.11. The summed E-state index contributed by atoms with van der Waals surface area (Å²) in [5.41, 5.74) is 8.35. The van der Waals surface area contributed by atoms with Crippen molar-refractivity contribution in [1.29, 1.82) is 0 Å². The van der Waals surface area contributed by atoms with Crippen LogP contribution >= 0.6 is 0 Å². The number of aromatic hydroxyl groups is 1. The molecule has 138 valence electrons. The predicted molar refractivity (Wildman–Crippen MR) is 100.0 cm³/mol. The molecule has 0 fully saturated rings. The molecule has 27 heavy (non-hydrogen) atoms. The van der Waals surface area contributed by atoms with E-state index in [1.807, 2.05) is 0 Å². The van der Waals surface area contributed by atoms with Gasteiger partial charge in [0, 0.05) is 18.2 Å². The van der Waals surface area contributed by atoms with Crippen LogP contribution < -0.4 is 15.2 Å². The molecule has 0 spiro atoms. The Morgan fingerprint density at radius 1 is 1.11 bits per heavy atom. The SMILES string of the molecule is COc1cc(OC)cc(-n2cc(O)c(-c3nc4ccc(F)cc4[nH]3)c2N)c1. The number of imidazole rings is 1. The zero-order chi connectivity index (χ0) is 19.1. The number of nitrogens with two attached hydrogens (primary N) is 1. The number of aromatic nitrogens is 3. The van der Waals surface area contributed by atoms with E-state index < -0.39 is 0 Å². The highest BCUT2D eigenvalue weighted by Gasteiger charge is 2.20. The van der Waals surface area contributed by atoms with Crippen molar-refractivity contribution in [2.24, 2.45) is 0 Å². The summed E-state index contributed by atoms with van der Waals surface area (Å²) in [5, 5.41) is 10.5. The number of hydrogen-bond donors (Lipinski definition) is 3. The van der Waals surface area contributed by atoms with Gasteiger partial charge in [0.15, 0.2) is 0 Å². The van der Waals surface area contributed by atoms with Crippen molar-refractivity contribution in [3.63, 3.8) is 0 Å². The van der Waals surface area contributed by atoms with Crippen molar-refractivity contribution in [3.05, 3.63) is 48.4 Å². The highest BCUT2D eigenvalue weighted by atomic mass is 19.1. The number of halogens is 1. The second-order valence-electron chi connectivity index (χ2n) is 5.96. The highest BCUT2D eigenvalue weighted by molar-refractivity contribution is 5.85. The quantitative estimate of drug-likeness (QED) is 0.512. The molecule has 0 amide bonds. The molecule has 4 aromatic rings. The van der Waals surface area contributed by atoms with E-state index >= 15 is 0 Å². The zero-order valence-corrected chi connectivity index (χ0v) is 14.7. The van der Waals surface area contributed by atoms with E-state index in [2.05, 4.69) is 9.97 Å². The molecular weight excluding hydrogens is 351 g/mol. The Bertz CT molecular complexity index is 1130. The molecule has 2 aromatic heterocycles. The Morgan fingerprint density at radius 2 is 1.81 bits per heavy atom. The van der Waals surface area contributed by atoms with Crippen LogP contribution in [-0.2, 0) is 0 Å². The van der Waals surface area contributed by atoms with Gasteiger partial charge in [0.1, 0.15) is 40.3 Å². The number of fused-ring (bicyclic) bond motifs is 1. The Balaban J connectivity index is 1.86. The minimum absolute atomic E-state index is 0.0613. The number of anilines is 1. The topological polar surface area (TPSA) is 98.3 Å². The normalized spacial score (nSPS) is 11.1. The van der Waals surface area contributed by atoms with Gasteiger partial charge in [0.25, 0.3) is 0 Å². The number of H-pyrrole nitrogens is 1. The van der Waals surface area contributed by atoms with Crippen LogP contribution in [0.2, 0.25) is 0 Å². The van der Waals surface area contributed by atoms with Crippen molar-refractivity contribution in [2.45, 2.75) is 0 Å². The van der Waals surface area contributed by atoms with Gasteiger partial charge in [-0.25, -0.2) is 9.37 Å². The van der Waals surface area contributed by atoms with Gasteiger partial charge in [0.2, 0.25) is 0 Å². The first kappa shape index (κ1) is 16.8. The van der Waals surface area contributed by atoms with Gasteiger partial charge < -0.3 is 25.3 Å². The van der Waals surface area contributed by atoms with Gasteiger partial charge in [-0.3, -0.25) is 4.57 Å². The first-order valence-electron chi connectivity index (χ1n) is 8.09. The van der Waals surface area contributed by atoms with Crippen LogP contribution in [0.3, 0.4) is 0 Å². The molecule has 0 aliphatic rings. The van der Waals surface area contributed by atoms with Gasteiger partial charge in [-0.1, -0.05) is 0 Å². The molecule has 0 bridgehead atoms.